The van der Waals surface area contributed by atoms with E-state index < -0.39 is 0 Å². The highest BCUT2D eigenvalue weighted by atomic mass is 15.2. The van der Waals surface area contributed by atoms with E-state index in [2.05, 4.69) is 59.0 Å². The number of aliphatic imine (C=N–C) groups is 1. The molecule has 3 aromatic rings. The highest BCUT2D eigenvalue weighted by molar-refractivity contribution is 5.88. The van der Waals surface area contributed by atoms with Crippen LogP contribution in [0.5, 0.6) is 0 Å². The maximum atomic E-state index is 4.19. The molecule has 3 heteroatoms. The van der Waals surface area contributed by atoms with Gasteiger partial charge >= 0.3 is 0 Å². The number of anilines is 1. The maximum Gasteiger partial charge on any atom is 0.0859 e. The number of para-hydroxylation sites is 2. The summed E-state index contributed by atoms with van der Waals surface area (Å²) < 4.78 is 0. The third kappa shape index (κ3) is 2.97. The van der Waals surface area contributed by atoms with Gasteiger partial charge in [-0.25, -0.2) is 0 Å². The molecular formula is C25H21N3. The van der Waals surface area contributed by atoms with Crippen LogP contribution >= 0.6 is 0 Å². The fourth-order valence-corrected chi connectivity index (χ4v) is 3.70. The fraction of sp³-hybridized carbons (Fsp3) is 0.0400. The molecule has 0 saturated heterocycles. The van der Waals surface area contributed by atoms with E-state index in [-0.39, 0.29) is 0 Å². The molecule has 2 heterocycles. The van der Waals surface area contributed by atoms with Gasteiger partial charge in [0.15, 0.2) is 0 Å². The van der Waals surface area contributed by atoms with Gasteiger partial charge < -0.3 is 4.90 Å². The standard InChI is InChI=1S/C25H21N3/c1-4-21-22-16-19(18-12-14-27-15-13-18)10-11-20(22)17-28(24(21)5-2)25-9-7-6-8-23(25)26-3/h4-16H,1-3,17H2. The van der Waals surface area contributed by atoms with E-state index in [1.807, 2.05) is 54.9 Å². The number of hydrogen-bond acceptors (Lipinski definition) is 3. The van der Waals surface area contributed by atoms with Gasteiger partial charge in [-0.15, -0.1) is 0 Å². The van der Waals surface area contributed by atoms with Crippen LogP contribution in [-0.4, -0.2) is 11.7 Å². The van der Waals surface area contributed by atoms with E-state index in [1.165, 1.54) is 11.1 Å². The average Bonchev–Trinajstić information content (AvgIpc) is 2.77. The topological polar surface area (TPSA) is 28.5 Å². The predicted octanol–water partition coefficient (Wildman–Crippen LogP) is 6.18. The van der Waals surface area contributed by atoms with E-state index >= 15 is 0 Å². The van der Waals surface area contributed by atoms with Crippen molar-refractivity contribution >= 4 is 23.7 Å². The first-order chi connectivity index (χ1) is 13.8. The Kier molecular flexibility index (Phi) is 4.73. The zero-order valence-corrected chi connectivity index (χ0v) is 15.7. The lowest BCUT2D eigenvalue weighted by molar-refractivity contribution is 0.916. The summed E-state index contributed by atoms with van der Waals surface area (Å²) in [5, 5.41) is 0. The van der Waals surface area contributed by atoms with Gasteiger partial charge in [0.2, 0.25) is 0 Å². The Bertz CT molecular complexity index is 1090. The van der Waals surface area contributed by atoms with Crippen molar-refractivity contribution in [1.29, 1.82) is 0 Å². The van der Waals surface area contributed by atoms with Crippen LogP contribution in [0.25, 0.3) is 16.7 Å². The Balaban J connectivity index is 1.89. The van der Waals surface area contributed by atoms with Gasteiger partial charge in [-0.3, -0.25) is 9.98 Å². The number of aromatic nitrogens is 1. The molecule has 0 spiro atoms. The Labute approximate surface area is 165 Å². The zero-order valence-electron chi connectivity index (χ0n) is 15.7. The van der Waals surface area contributed by atoms with Crippen molar-refractivity contribution in [2.24, 2.45) is 4.99 Å². The first-order valence-electron chi connectivity index (χ1n) is 9.13. The summed E-state index contributed by atoms with van der Waals surface area (Å²) in [4.78, 5) is 10.5. The Morgan fingerprint density at radius 2 is 1.71 bits per heavy atom. The molecule has 0 bridgehead atoms. The molecule has 0 atom stereocenters. The number of allylic oxidation sites excluding steroid dienone is 3. The highest BCUT2D eigenvalue weighted by Gasteiger charge is 2.24. The number of rotatable bonds is 5. The quantitative estimate of drug-likeness (QED) is 0.506. The molecule has 1 aliphatic heterocycles. The molecule has 1 aromatic heterocycles. The molecule has 0 fully saturated rings. The summed E-state index contributed by atoms with van der Waals surface area (Å²) >= 11 is 0. The van der Waals surface area contributed by atoms with Gasteiger partial charge in [-0.2, -0.15) is 0 Å². The molecule has 0 saturated carbocycles. The molecule has 28 heavy (non-hydrogen) atoms. The third-order valence-corrected chi connectivity index (χ3v) is 5.05. The largest absolute Gasteiger partial charge is 0.335 e. The first-order valence-corrected chi connectivity index (χ1v) is 9.13. The molecule has 136 valence electrons. The van der Waals surface area contributed by atoms with Crippen molar-refractivity contribution in [2.75, 3.05) is 4.90 Å². The van der Waals surface area contributed by atoms with Gasteiger partial charge in [0.05, 0.1) is 11.4 Å². The zero-order chi connectivity index (χ0) is 19.5. The molecule has 0 N–H and O–H groups in total. The molecule has 0 unspecified atom stereocenters. The molecule has 0 aliphatic carbocycles. The number of pyridine rings is 1. The van der Waals surface area contributed by atoms with Gasteiger partial charge in [0, 0.05) is 30.2 Å². The number of fused-ring (bicyclic) bond motifs is 1. The molecule has 1 aliphatic rings. The molecule has 0 amide bonds. The van der Waals surface area contributed by atoms with Crippen molar-refractivity contribution in [3.8, 4) is 11.1 Å². The van der Waals surface area contributed by atoms with E-state index in [9.17, 15) is 0 Å². The van der Waals surface area contributed by atoms with E-state index in [1.54, 1.807) is 0 Å². The second-order valence-corrected chi connectivity index (χ2v) is 6.55. The van der Waals surface area contributed by atoms with E-state index in [0.29, 0.717) is 0 Å². The van der Waals surface area contributed by atoms with Crippen molar-refractivity contribution in [2.45, 2.75) is 6.54 Å². The molecule has 3 nitrogen and oxygen atoms in total. The van der Waals surface area contributed by atoms with Crippen molar-refractivity contribution in [3.05, 3.63) is 109 Å². The first kappa shape index (κ1) is 17.7. The van der Waals surface area contributed by atoms with Gasteiger partial charge in [0.25, 0.3) is 0 Å². The lowest BCUT2D eigenvalue weighted by Gasteiger charge is -2.34. The van der Waals surface area contributed by atoms with Crippen LogP contribution in [0.3, 0.4) is 0 Å². The minimum Gasteiger partial charge on any atom is -0.335 e. The maximum absolute atomic E-state index is 4.19. The second-order valence-electron chi connectivity index (χ2n) is 6.55. The van der Waals surface area contributed by atoms with Crippen LogP contribution in [0, 0.1) is 0 Å². The number of nitrogens with zero attached hydrogens (tertiary/aromatic N) is 3. The molecule has 0 radical (unpaired) electrons. The predicted molar refractivity (Wildman–Crippen MR) is 119 cm³/mol. The summed E-state index contributed by atoms with van der Waals surface area (Å²) in [5.41, 5.74) is 8.65. The number of benzene rings is 2. The fourth-order valence-electron chi connectivity index (χ4n) is 3.70. The van der Waals surface area contributed by atoms with Crippen LogP contribution in [0.4, 0.5) is 11.4 Å². The van der Waals surface area contributed by atoms with Gasteiger partial charge in [-0.05, 0) is 65.4 Å². The van der Waals surface area contributed by atoms with Crippen LogP contribution < -0.4 is 4.90 Å². The minimum absolute atomic E-state index is 0.733. The van der Waals surface area contributed by atoms with Gasteiger partial charge in [-0.1, -0.05) is 43.5 Å². The normalized spacial score (nSPS) is 13.1. The molecule has 2 aromatic carbocycles. The molecular weight excluding hydrogens is 342 g/mol. The monoisotopic (exact) mass is 363 g/mol. The van der Waals surface area contributed by atoms with E-state index in [0.717, 1.165) is 40.3 Å². The summed E-state index contributed by atoms with van der Waals surface area (Å²) in [6, 6.07) is 18.6. The molecule has 4 rings (SSSR count). The smallest absolute Gasteiger partial charge is 0.0859 e. The Morgan fingerprint density at radius 3 is 2.43 bits per heavy atom. The minimum atomic E-state index is 0.733. The van der Waals surface area contributed by atoms with Crippen LogP contribution in [0.15, 0.2) is 103 Å². The average molecular weight is 363 g/mol. The number of hydrogen-bond donors (Lipinski definition) is 0. The Hall–Kier alpha value is -3.72. The van der Waals surface area contributed by atoms with Crippen LogP contribution in [0.2, 0.25) is 0 Å². The van der Waals surface area contributed by atoms with Crippen molar-refractivity contribution in [1.82, 2.24) is 4.98 Å². The summed E-state index contributed by atoms with van der Waals surface area (Å²) in [5.74, 6) is 0. The van der Waals surface area contributed by atoms with Crippen LogP contribution in [-0.2, 0) is 6.54 Å². The lowest BCUT2D eigenvalue weighted by Crippen LogP contribution is -2.26. The SMILES string of the molecule is C=CC1=C(C=C)N(c2ccccc2N=C)Cc2ccc(-c3ccncc3)cc21. The summed E-state index contributed by atoms with van der Waals surface area (Å²) in [6.45, 7) is 12.6. The van der Waals surface area contributed by atoms with Crippen molar-refractivity contribution in [3.63, 3.8) is 0 Å². The van der Waals surface area contributed by atoms with E-state index in [4.69, 9.17) is 0 Å². The lowest BCUT2D eigenvalue weighted by atomic mass is 9.89. The van der Waals surface area contributed by atoms with Crippen molar-refractivity contribution < 1.29 is 0 Å². The Morgan fingerprint density at radius 1 is 0.929 bits per heavy atom. The summed E-state index contributed by atoms with van der Waals surface area (Å²) in [6.07, 6.45) is 7.42. The second kappa shape index (κ2) is 7.49. The third-order valence-electron chi connectivity index (χ3n) is 5.05. The van der Waals surface area contributed by atoms with Gasteiger partial charge in [0.1, 0.15) is 0 Å². The van der Waals surface area contributed by atoms with Crippen LogP contribution in [0.1, 0.15) is 11.1 Å². The highest BCUT2D eigenvalue weighted by Crippen LogP contribution is 2.40. The summed E-state index contributed by atoms with van der Waals surface area (Å²) in [7, 11) is 0.